The lowest BCUT2D eigenvalue weighted by molar-refractivity contribution is 0.614. The molecule has 0 aliphatic carbocycles. The van der Waals surface area contributed by atoms with Crippen molar-refractivity contribution in [1.29, 1.82) is 0 Å². The molecule has 0 amide bonds. The Labute approximate surface area is 63.6 Å². The van der Waals surface area contributed by atoms with Crippen molar-refractivity contribution in [3.05, 3.63) is 24.3 Å². The first kappa shape index (κ1) is 6.30. The van der Waals surface area contributed by atoms with Crippen LogP contribution in [0.1, 0.15) is 0 Å². The Hall–Kier alpha value is -1.42. The highest BCUT2D eigenvalue weighted by molar-refractivity contribution is 5.73. The van der Waals surface area contributed by atoms with Gasteiger partial charge in [-0.05, 0) is 12.1 Å². The van der Waals surface area contributed by atoms with Gasteiger partial charge in [0.05, 0.1) is 5.52 Å². The maximum atomic E-state index is 7.10. The molecule has 0 aliphatic heterocycles. The Kier molecular flexibility index (Phi) is 1.33. The summed E-state index contributed by atoms with van der Waals surface area (Å²) in [7, 11) is 0. The number of para-hydroxylation sites is 1. The highest BCUT2D eigenvalue weighted by Gasteiger charge is 1.99. The molecule has 0 spiro atoms. The Morgan fingerprint density at radius 3 is 3.00 bits per heavy atom. The number of fused-ring (bicyclic) bond motifs is 1. The van der Waals surface area contributed by atoms with E-state index in [1.54, 1.807) is 4.68 Å². The number of hydrogen-bond acceptors (Lipinski definition) is 2. The summed E-state index contributed by atoms with van der Waals surface area (Å²) >= 11 is 0. The number of aromatic nitrogens is 3. The summed E-state index contributed by atoms with van der Waals surface area (Å²) < 4.78 is 1.55. The molecule has 0 aliphatic rings. The zero-order chi connectivity index (χ0) is 7.68. The number of rotatable bonds is 1. The van der Waals surface area contributed by atoms with E-state index in [-0.39, 0.29) is 6.67 Å². The van der Waals surface area contributed by atoms with E-state index >= 15 is 0 Å². The third kappa shape index (κ3) is 0.877. The molecule has 0 saturated carbocycles. The predicted molar refractivity (Wildman–Crippen MR) is 40.6 cm³/mol. The highest BCUT2D eigenvalue weighted by Crippen LogP contribution is 2.07. The molecule has 1 aromatic heterocycles. The van der Waals surface area contributed by atoms with Crippen LogP contribution in [0.3, 0.4) is 0 Å². The first-order valence-electron chi connectivity index (χ1n) is 3.34. The van der Waals surface area contributed by atoms with Crippen LogP contribution in [-0.2, 0) is 6.67 Å². The van der Waals surface area contributed by atoms with E-state index in [1.807, 2.05) is 24.3 Å². The third-order valence-electron chi connectivity index (χ3n) is 1.57. The quantitative estimate of drug-likeness (QED) is 0.595. The monoisotopic (exact) mass is 147 g/mol. The second-order valence-corrected chi connectivity index (χ2v) is 2.24. The van der Waals surface area contributed by atoms with Crippen LogP contribution in [0.15, 0.2) is 24.3 Å². The van der Waals surface area contributed by atoms with E-state index in [2.05, 4.69) is 10.3 Å². The van der Waals surface area contributed by atoms with Crippen molar-refractivity contribution in [3.63, 3.8) is 0 Å². The average molecular weight is 147 g/mol. The zero-order valence-electron chi connectivity index (χ0n) is 5.86. The summed E-state index contributed by atoms with van der Waals surface area (Å²) in [6.07, 6.45) is 0. The number of nitrogens with one attached hydrogen (secondary N) is 1. The Bertz CT molecular complexity index is 365. The Balaban J connectivity index is 2.76. The largest absolute Gasteiger partial charge is 0.235 e. The van der Waals surface area contributed by atoms with Crippen LogP contribution in [0.5, 0.6) is 0 Å². The summed E-state index contributed by atoms with van der Waals surface area (Å²) in [5, 5.41) is 7.68. The summed E-state index contributed by atoms with van der Waals surface area (Å²) in [5.74, 6) is 0. The highest BCUT2D eigenvalue weighted by atomic mass is 15.4. The molecule has 0 fully saturated rings. The second-order valence-electron chi connectivity index (χ2n) is 2.24. The minimum atomic E-state index is 0.126. The van der Waals surface area contributed by atoms with Crippen molar-refractivity contribution < 1.29 is 0 Å². The fraction of sp³-hybridized carbons (Fsp3) is 0.143. The van der Waals surface area contributed by atoms with Crippen LogP contribution in [0, 0.1) is 0 Å². The molecule has 1 heterocycles. The Morgan fingerprint density at radius 1 is 1.36 bits per heavy atom. The van der Waals surface area contributed by atoms with Crippen LogP contribution >= 0.6 is 0 Å². The molecule has 4 heteroatoms. The van der Waals surface area contributed by atoms with E-state index in [9.17, 15) is 0 Å². The average Bonchev–Trinajstić information content (AvgIpc) is 2.47. The molecule has 4 nitrogen and oxygen atoms in total. The van der Waals surface area contributed by atoms with Gasteiger partial charge in [0.1, 0.15) is 12.2 Å². The molecule has 2 rings (SSSR count). The van der Waals surface area contributed by atoms with E-state index in [4.69, 9.17) is 5.73 Å². The van der Waals surface area contributed by atoms with Gasteiger partial charge in [-0.25, -0.2) is 10.4 Å². The minimum absolute atomic E-state index is 0.126. The SMILES string of the molecule is [NH]Cn1nnc2ccccc21. The first-order chi connectivity index (χ1) is 5.42. The fourth-order valence-corrected chi connectivity index (χ4v) is 1.03. The summed E-state index contributed by atoms with van der Waals surface area (Å²) in [5.41, 5.74) is 8.87. The molecule has 0 unspecified atom stereocenters. The molecule has 55 valence electrons. The molecule has 2 aromatic rings. The van der Waals surface area contributed by atoms with Gasteiger partial charge in [0.25, 0.3) is 0 Å². The lowest BCUT2D eigenvalue weighted by atomic mass is 10.3. The van der Waals surface area contributed by atoms with Gasteiger partial charge >= 0.3 is 0 Å². The van der Waals surface area contributed by atoms with Crippen LogP contribution in [0.2, 0.25) is 0 Å². The molecule has 11 heavy (non-hydrogen) atoms. The van der Waals surface area contributed by atoms with Gasteiger partial charge in [-0.1, -0.05) is 17.3 Å². The number of hydrogen-bond donors (Lipinski definition) is 0. The van der Waals surface area contributed by atoms with Gasteiger partial charge in [-0.2, -0.15) is 0 Å². The standard InChI is InChI=1S/C7H7N4/c8-5-11-7-4-2-1-3-6(7)9-10-11/h1-4,8H,5H2. The van der Waals surface area contributed by atoms with Crippen LogP contribution < -0.4 is 5.73 Å². The molecule has 1 aromatic carbocycles. The first-order valence-corrected chi connectivity index (χ1v) is 3.34. The van der Waals surface area contributed by atoms with Crippen molar-refractivity contribution in [3.8, 4) is 0 Å². The summed E-state index contributed by atoms with van der Waals surface area (Å²) in [6.45, 7) is 0.126. The van der Waals surface area contributed by atoms with E-state index in [1.165, 1.54) is 0 Å². The number of nitrogens with zero attached hydrogens (tertiary/aromatic N) is 3. The van der Waals surface area contributed by atoms with Crippen molar-refractivity contribution in [2.45, 2.75) is 6.67 Å². The van der Waals surface area contributed by atoms with Crippen LogP contribution in [-0.4, -0.2) is 15.0 Å². The molecular formula is C7H7N4. The number of benzene rings is 1. The van der Waals surface area contributed by atoms with Crippen molar-refractivity contribution in [2.75, 3.05) is 0 Å². The zero-order valence-corrected chi connectivity index (χ0v) is 5.86. The van der Waals surface area contributed by atoms with Gasteiger partial charge in [0, 0.05) is 0 Å². The lowest BCUT2D eigenvalue weighted by Crippen LogP contribution is -1.99. The van der Waals surface area contributed by atoms with Crippen molar-refractivity contribution in [2.24, 2.45) is 0 Å². The third-order valence-corrected chi connectivity index (χ3v) is 1.57. The maximum absolute atomic E-state index is 7.10. The lowest BCUT2D eigenvalue weighted by Gasteiger charge is -1.92. The van der Waals surface area contributed by atoms with Gasteiger partial charge in [0.2, 0.25) is 0 Å². The van der Waals surface area contributed by atoms with Crippen molar-refractivity contribution >= 4 is 11.0 Å². The topological polar surface area (TPSA) is 54.5 Å². The van der Waals surface area contributed by atoms with Gasteiger partial charge in [0.15, 0.2) is 0 Å². The summed E-state index contributed by atoms with van der Waals surface area (Å²) in [4.78, 5) is 0. The molecular weight excluding hydrogens is 140 g/mol. The summed E-state index contributed by atoms with van der Waals surface area (Å²) in [6, 6.07) is 7.61. The van der Waals surface area contributed by atoms with Crippen LogP contribution in [0.4, 0.5) is 0 Å². The maximum Gasteiger partial charge on any atom is 0.113 e. The van der Waals surface area contributed by atoms with Crippen molar-refractivity contribution in [1.82, 2.24) is 20.7 Å². The normalized spacial score (nSPS) is 10.6. The van der Waals surface area contributed by atoms with E-state index < -0.39 is 0 Å². The molecule has 0 atom stereocenters. The van der Waals surface area contributed by atoms with Gasteiger partial charge < -0.3 is 0 Å². The molecule has 1 radical (unpaired) electrons. The predicted octanol–water partition coefficient (Wildman–Crippen LogP) is 0.672. The van der Waals surface area contributed by atoms with E-state index in [0.29, 0.717) is 0 Å². The van der Waals surface area contributed by atoms with Gasteiger partial charge in [-0.3, -0.25) is 0 Å². The minimum Gasteiger partial charge on any atom is -0.235 e. The fourth-order valence-electron chi connectivity index (χ4n) is 1.03. The second kappa shape index (κ2) is 2.32. The van der Waals surface area contributed by atoms with Gasteiger partial charge in [-0.15, -0.1) is 5.10 Å². The molecule has 0 bridgehead atoms. The molecule has 1 N–H and O–H groups in total. The van der Waals surface area contributed by atoms with E-state index in [0.717, 1.165) is 11.0 Å². The Morgan fingerprint density at radius 2 is 2.18 bits per heavy atom. The smallest absolute Gasteiger partial charge is 0.113 e. The van der Waals surface area contributed by atoms with Crippen LogP contribution in [0.25, 0.3) is 11.0 Å². The molecule has 0 saturated heterocycles.